The molecule has 0 amide bonds. The average molecular weight is 325 g/mol. The molecule has 102 valence electrons. The van der Waals surface area contributed by atoms with Crippen molar-refractivity contribution in [3.63, 3.8) is 0 Å². The number of carboxylic acid groups (broad SMARTS) is 1. The number of carboxylic acids is 1. The van der Waals surface area contributed by atoms with Gasteiger partial charge in [-0.05, 0) is 12.1 Å². The number of allylic oxidation sites excluding steroid dienone is 1. The molecule has 0 saturated carbocycles. The smallest absolute Gasteiger partial charge is 0.328 e. The molecule has 19 heavy (non-hydrogen) atoms. The van der Waals surface area contributed by atoms with Gasteiger partial charge in [0.1, 0.15) is 0 Å². The van der Waals surface area contributed by atoms with E-state index in [4.69, 9.17) is 39.9 Å². The normalized spacial score (nSPS) is 11.8. The lowest BCUT2D eigenvalue weighted by atomic mass is 10.2. The van der Waals surface area contributed by atoms with Crippen molar-refractivity contribution >= 4 is 52.3 Å². The molecule has 0 unspecified atom stereocenters. The maximum atomic E-state index is 11.7. The van der Waals surface area contributed by atoms with Crippen LogP contribution in [0.4, 0.5) is 0 Å². The molecule has 0 atom stereocenters. The van der Waals surface area contributed by atoms with Crippen LogP contribution in [0.15, 0.2) is 24.4 Å². The number of carbonyl (C=O) groups is 3. The van der Waals surface area contributed by atoms with E-state index in [1.54, 1.807) is 0 Å². The first-order chi connectivity index (χ1) is 8.62. The Labute approximate surface area is 123 Å². The topological polar surface area (TPSA) is 76.4 Å². The number of aliphatic carboxylic acids is 1. The molecule has 1 heterocycles. The van der Waals surface area contributed by atoms with Crippen molar-refractivity contribution in [2.45, 2.75) is 3.79 Å². The number of alkyl halides is 3. The summed E-state index contributed by atoms with van der Waals surface area (Å²) >= 11 is 16.4. The van der Waals surface area contributed by atoms with Crippen molar-refractivity contribution in [1.82, 2.24) is 4.57 Å². The van der Waals surface area contributed by atoms with Gasteiger partial charge in [-0.1, -0.05) is 34.8 Å². The Morgan fingerprint density at radius 2 is 1.84 bits per heavy atom. The van der Waals surface area contributed by atoms with Crippen molar-refractivity contribution < 1.29 is 19.5 Å². The summed E-state index contributed by atoms with van der Waals surface area (Å²) < 4.78 is -0.796. The van der Waals surface area contributed by atoms with E-state index in [-0.39, 0.29) is 11.3 Å². The van der Waals surface area contributed by atoms with Gasteiger partial charge in [-0.2, -0.15) is 0 Å². The van der Waals surface area contributed by atoms with Crippen LogP contribution in [0.25, 0.3) is 0 Å². The van der Waals surface area contributed by atoms with E-state index in [2.05, 4.69) is 0 Å². The Balaban J connectivity index is 3.07. The minimum absolute atomic E-state index is 0.0343. The molecule has 0 fully saturated rings. The zero-order valence-corrected chi connectivity index (χ0v) is 11.8. The van der Waals surface area contributed by atoms with E-state index in [0.29, 0.717) is 6.08 Å². The molecular formula is C11H8Cl3NO4. The summed E-state index contributed by atoms with van der Waals surface area (Å²) in [6, 6.07) is 1.23. The minimum Gasteiger partial charge on any atom is -0.478 e. The molecular weight excluding hydrogens is 316 g/mol. The summed E-state index contributed by atoms with van der Waals surface area (Å²) in [7, 11) is 1.50. The van der Waals surface area contributed by atoms with E-state index >= 15 is 0 Å². The molecule has 1 aromatic rings. The van der Waals surface area contributed by atoms with Gasteiger partial charge < -0.3 is 9.67 Å². The Morgan fingerprint density at radius 1 is 1.26 bits per heavy atom. The number of aromatic nitrogens is 1. The summed E-state index contributed by atoms with van der Waals surface area (Å²) in [5.74, 6) is -2.59. The standard InChI is InChI=1S/C11H8Cl3NO4/c1-15-5-6(8(16)2-3-9(17)18)4-7(15)10(19)11(12,13)14/h2-5H,1H3,(H,17,18). The summed E-state index contributed by atoms with van der Waals surface area (Å²) in [6.07, 6.45) is 2.92. The highest BCUT2D eigenvalue weighted by atomic mass is 35.6. The Bertz CT molecular complexity index is 569. The van der Waals surface area contributed by atoms with Gasteiger partial charge in [-0.3, -0.25) is 9.59 Å². The third kappa shape index (κ3) is 4.09. The lowest BCUT2D eigenvalue weighted by Gasteiger charge is -2.09. The lowest BCUT2D eigenvalue weighted by Crippen LogP contribution is -2.21. The largest absolute Gasteiger partial charge is 0.478 e. The van der Waals surface area contributed by atoms with Crippen molar-refractivity contribution in [2.75, 3.05) is 0 Å². The van der Waals surface area contributed by atoms with Crippen molar-refractivity contribution in [3.8, 4) is 0 Å². The highest BCUT2D eigenvalue weighted by Crippen LogP contribution is 2.30. The number of aryl methyl sites for hydroxylation is 1. The Kier molecular flexibility index (Phi) is 4.79. The van der Waals surface area contributed by atoms with Crippen molar-refractivity contribution in [3.05, 3.63) is 35.7 Å². The molecule has 0 saturated heterocycles. The van der Waals surface area contributed by atoms with Gasteiger partial charge in [0.15, 0.2) is 5.78 Å². The molecule has 1 aromatic heterocycles. The summed E-state index contributed by atoms with van der Waals surface area (Å²) in [6.45, 7) is 0. The fourth-order valence-corrected chi connectivity index (χ4v) is 1.60. The second kappa shape index (κ2) is 5.77. The zero-order valence-electron chi connectivity index (χ0n) is 9.56. The SMILES string of the molecule is Cn1cc(C(=O)C=CC(=O)O)cc1C(=O)C(Cl)(Cl)Cl. The van der Waals surface area contributed by atoms with Crippen molar-refractivity contribution in [2.24, 2.45) is 7.05 Å². The molecule has 0 bridgehead atoms. The first-order valence-corrected chi connectivity index (χ1v) is 5.99. The van der Waals surface area contributed by atoms with Gasteiger partial charge in [0.25, 0.3) is 3.79 Å². The van der Waals surface area contributed by atoms with Crippen LogP contribution in [0.3, 0.4) is 0 Å². The molecule has 0 aliphatic heterocycles. The average Bonchev–Trinajstić information content (AvgIpc) is 2.65. The highest BCUT2D eigenvalue weighted by molar-refractivity contribution is 6.77. The van der Waals surface area contributed by atoms with Gasteiger partial charge in [0, 0.05) is 24.9 Å². The second-order valence-corrected chi connectivity index (χ2v) is 5.87. The second-order valence-electron chi connectivity index (χ2n) is 3.59. The number of Topliss-reactive ketones (excluding diaryl/α,β-unsaturated/α-hetero) is 1. The fourth-order valence-electron chi connectivity index (χ4n) is 1.31. The van der Waals surface area contributed by atoms with Crippen LogP contribution in [0, 0.1) is 0 Å². The molecule has 0 aliphatic rings. The maximum Gasteiger partial charge on any atom is 0.328 e. The third-order valence-electron chi connectivity index (χ3n) is 2.16. The minimum atomic E-state index is -2.12. The van der Waals surface area contributed by atoms with Crippen LogP contribution < -0.4 is 0 Å². The van der Waals surface area contributed by atoms with E-state index in [1.165, 1.54) is 23.9 Å². The van der Waals surface area contributed by atoms with Crippen LogP contribution in [0.1, 0.15) is 20.8 Å². The van der Waals surface area contributed by atoms with E-state index in [1.807, 2.05) is 0 Å². The van der Waals surface area contributed by atoms with Crippen LogP contribution >= 0.6 is 34.8 Å². The summed E-state index contributed by atoms with van der Waals surface area (Å²) in [5, 5.41) is 8.41. The number of carbonyl (C=O) groups excluding carboxylic acids is 2. The molecule has 0 aliphatic carbocycles. The van der Waals surface area contributed by atoms with Gasteiger partial charge in [-0.15, -0.1) is 0 Å². The first kappa shape index (κ1) is 15.8. The van der Waals surface area contributed by atoms with Crippen LogP contribution in [-0.2, 0) is 11.8 Å². The number of rotatable bonds is 4. The van der Waals surface area contributed by atoms with E-state index in [0.717, 1.165) is 6.08 Å². The van der Waals surface area contributed by atoms with E-state index < -0.39 is 21.3 Å². The van der Waals surface area contributed by atoms with Crippen LogP contribution in [-0.4, -0.2) is 31.0 Å². The summed E-state index contributed by atoms with van der Waals surface area (Å²) in [4.78, 5) is 33.7. The number of nitrogens with zero attached hydrogens (tertiary/aromatic N) is 1. The number of hydrogen-bond donors (Lipinski definition) is 1. The highest BCUT2D eigenvalue weighted by Gasteiger charge is 2.33. The quantitative estimate of drug-likeness (QED) is 0.524. The van der Waals surface area contributed by atoms with Gasteiger partial charge >= 0.3 is 5.97 Å². The molecule has 8 heteroatoms. The number of ketones is 2. The first-order valence-electron chi connectivity index (χ1n) is 4.86. The van der Waals surface area contributed by atoms with Gasteiger partial charge in [-0.25, -0.2) is 4.79 Å². The zero-order chi connectivity index (χ0) is 14.8. The van der Waals surface area contributed by atoms with Crippen molar-refractivity contribution in [1.29, 1.82) is 0 Å². The number of halogens is 3. The number of hydrogen-bond acceptors (Lipinski definition) is 3. The molecule has 0 radical (unpaired) electrons. The Morgan fingerprint density at radius 3 is 2.32 bits per heavy atom. The van der Waals surface area contributed by atoms with Gasteiger partial charge in [0.2, 0.25) is 5.78 Å². The van der Waals surface area contributed by atoms with Crippen LogP contribution in [0.5, 0.6) is 0 Å². The third-order valence-corrected chi connectivity index (χ3v) is 2.67. The fraction of sp³-hybridized carbons (Fsp3) is 0.182. The van der Waals surface area contributed by atoms with Gasteiger partial charge in [0.05, 0.1) is 5.69 Å². The molecule has 0 aromatic carbocycles. The summed E-state index contributed by atoms with van der Waals surface area (Å²) in [5.41, 5.74) is 0.157. The van der Waals surface area contributed by atoms with E-state index in [9.17, 15) is 14.4 Å². The monoisotopic (exact) mass is 323 g/mol. The molecule has 1 rings (SSSR count). The van der Waals surface area contributed by atoms with Crippen LogP contribution in [0.2, 0.25) is 0 Å². The molecule has 0 spiro atoms. The lowest BCUT2D eigenvalue weighted by molar-refractivity contribution is -0.131. The molecule has 5 nitrogen and oxygen atoms in total. The maximum absolute atomic E-state index is 11.7. The Hall–Kier alpha value is -1.30. The predicted octanol–water partition coefficient (Wildman–Crippen LogP) is 2.40. The molecule has 1 N–H and O–H groups in total. The predicted molar refractivity (Wildman–Crippen MR) is 71.1 cm³/mol.